The van der Waals surface area contributed by atoms with Gasteiger partial charge in [0.15, 0.2) is 0 Å². The van der Waals surface area contributed by atoms with Gasteiger partial charge < -0.3 is 16.6 Å². The van der Waals surface area contributed by atoms with E-state index in [1.165, 1.54) is 6.08 Å². The highest BCUT2D eigenvalue weighted by Gasteiger charge is 2.05. The predicted octanol–water partition coefficient (Wildman–Crippen LogP) is 0.351. The molecule has 1 aliphatic rings. The van der Waals surface area contributed by atoms with Crippen LogP contribution in [0.1, 0.15) is 12.8 Å². The lowest BCUT2D eigenvalue weighted by atomic mass is 10.1. The number of hydrogen-bond acceptors (Lipinski definition) is 3. The van der Waals surface area contributed by atoms with Crippen molar-refractivity contribution in [1.29, 1.82) is 0 Å². The van der Waals surface area contributed by atoms with Gasteiger partial charge in [0.25, 0.3) is 0 Å². The van der Waals surface area contributed by atoms with E-state index in [0.29, 0.717) is 17.8 Å². The topological polar surface area (TPSA) is 72.3 Å². The van der Waals surface area contributed by atoms with E-state index in [9.17, 15) is 0 Å². The zero-order valence-corrected chi connectivity index (χ0v) is 5.09. The van der Waals surface area contributed by atoms with Crippen molar-refractivity contribution in [2.75, 3.05) is 0 Å². The van der Waals surface area contributed by atoms with Crippen LogP contribution in [0.3, 0.4) is 0 Å². The first kappa shape index (κ1) is 6.01. The van der Waals surface area contributed by atoms with Gasteiger partial charge in [0.2, 0.25) is 0 Å². The molecule has 0 amide bonds. The van der Waals surface area contributed by atoms with E-state index in [4.69, 9.17) is 16.6 Å². The third-order valence-electron chi connectivity index (χ3n) is 1.33. The summed E-state index contributed by atoms with van der Waals surface area (Å²) in [5.41, 5.74) is 12.0. The minimum atomic E-state index is 0.124. The number of hydrogen-bond donors (Lipinski definition) is 3. The Labute approximate surface area is 53.7 Å². The molecule has 0 spiro atoms. The molecule has 1 aliphatic carbocycles. The number of aliphatic hydroxyl groups is 1. The predicted molar refractivity (Wildman–Crippen MR) is 35.3 cm³/mol. The zero-order chi connectivity index (χ0) is 6.85. The lowest BCUT2D eigenvalue weighted by Crippen LogP contribution is -2.10. The Morgan fingerprint density at radius 1 is 1.33 bits per heavy atom. The minimum absolute atomic E-state index is 0.124. The van der Waals surface area contributed by atoms with Gasteiger partial charge in [0.1, 0.15) is 5.76 Å². The lowest BCUT2D eigenvalue weighted by molar-refractivity contribution is 0.416. The smallest absolute Gasteiger partial charge is 0.135 e. The Bertz CT molecular complexity index is 181. The first-order valence-corrected chi connectivity index (χ1v) is 2.84. The van der Waals surface area contributed by atoms with Crippen LogP contribution in [0, 0.1) is 0 Å². The molecule has 0 saturated carbocycles. The molecular formula is C6H10N2O. The monoisotopic (exact) mass is 126 g/mol. The maximum Gasteiger partial charge on any atom is 0.135 e. The van der Waals surface area contributed by atoms with Crippen molar-refractivity contribution >= 4 is 0 Å². The molecule has 0 aromatic carbocycles. The van der Waals surface area contributed by atoms with Gasteiger partial charge in [-0.15, -0.1) is 0 Å². The molecule has 0 radical (unpaired) electrons. The summed E-state index contributed by atoms with van der Waals surface area (Å²) in [4.78, 5) is 0. The Morgan fingerprint density at radius 3 is 2.44 bits per heavy atom. The normalized spacial score (nSPS) is 19.8. The lowest BCUT2D eigenvalue weighted by Gasteiger charge is -2.09. The van der Waals surface area contributed by atoms with E-state index in [2.05, 4.69) is 0 Å². The average Bonchev–Trinajstić information content (AvgIpc) is 1.80. The van der Waals surface area contributed by atoms with Crippen LogP contribution in [0.2, 0.25) is 0 Å². The third kappa shape index (κ3) is 1.16. The molecule has 0 saturated heterocycles. The highest BCUT2D eigenvalue weighted by molar-refractivity contribution is 5.25. The molecule has 0 aromatic heterocycles. The van der Waals surface area contributed by atoms with Crippen molar-refractivity contribution in [3.05, 3.63) is 23.2 Å². The molecule has 3 nitrogen and oxygen atoms in total. The zero-order valence-electron chi connectivity index (χ0n) is 5.09. The molecule has 0 bridgehead atoms. The second kappa shape index (κ2) is 2.01. The van der Waals surface area contributed by atoms with Crippen molar-refractivity contribution in [3.63, 3.8) is 0 Å². The van der Waals surface area contributed by atoms with Crippen LogP contribution in [-0.4, -0.2) is 5.11 Å². The van der Waals surface area contributed by atoms with Gasteiger partial charge in [-0.3, -0.25) is 0 Å². The van der Waals surface area contributed by atoms with Crippen molar-refractivity contribution < 1.29 is 5.11 Å². The van der Waals surface area contributed by atoms with E-state index in [1.54, 1.807) is 0 Å². The summed E-state index contributed by atoms with van der Waals surface area (Å²) in [6.45, 7) is 0. The average molecular weight is 126 g/mol. The van der Waals surface area contributed by atoms with Crippen molar-refractivity contribution in [3.8, 4) is 0 Å². The molecule has 0 atom stereocenters. The second-order valence-corrected chi connectivity index (χ2v) is 2.13. The molecule has 0 heterocycles. The SMILES string of the molecule is NC1=CC(O)=C(N)CC1. The highest BCUT2D eigenvalue weighted by atomic mass is 16.3. The fourth-order valence-corrected chi connectivity index (χ4v) is 0.748. The summed E-state index contributed by atoms with van der Waals surface area (Å²) in [5, 5.41) is 8.95. The summed E-state index contributed by atoms with van der Waals surface area (Å²) >= 11 is 0. The fraction of sp³-hybridized carbons (Fsp3) is 0.333. The van der Waals surface area contributed by atoms with Gasteiger partial charge in [0.05, 0.1) is 5.70 Å². The number of allylic oxidation sites excluding steroid dienone is 3. The van der Waals surface area contributed by atoms with Crippen molar-refractivity contribution in [2.24, 2.45) is 11.5 Å². The molecule has 50 valence electrons. The first-order valence-electron chi connectivity index (χ1n) is 2.84. The van der Waals surface area contributed by atoms with E-state index < -0.39 is 0 Å². The van der Waals surface area contributed by atoms with Gasteiger partial charge in [0, 0.05) is 11.8 Å². The Hall–Kier alpha value is -1.12. The van der Waals surface area contributed by atoms with Gasteiger partial charge in [-0.25, -0.2) is 0 Å². The van der Waals surface area contributed by atoms with Crippen LogP contribution in [0.15, 0.2) is 23.2 Å². The maximum absolute atomic E-state index is 8.95. The largest absolute Gasteiger partial charge is 0.506 e. The van der Waals surface area contributed by atoms with E-state index in [-0.39, 0.29) is 5.76 Å². The summed E-state index contributed by atoms with van der Waals surface area (Å²) < 4.78 is 0. The summed E-state index contributed by atoms with van der Waals surface area (Å²) in [5.74, 6) is 0.124. The van der Waals surface area contributed by atoms with Crippen molar-refractivity contribution in [2.45, 2.75) is 12.8 Å². The van der Waals surface area contributed by atoms with Gasteiger partial charge >= 0.3 is 0 Å². The Balaban J connectivity index is 2.83. The molecule has 0 fully saturated rings. The van der Waals surface area contributed by atoms with E-state index >= 15 is 0 Å². The third-order valence-corrected chi connectivity index (χ3v) is 1.33. The van der Waals surface area contributed by atoms with Crippen LogP contribution in [0.25, 0.3) is 0 Å². The molecule has 0 unspecified atom stereocenters. The molecule has 3 heteroatoms. The van der Waals surface area contributed by atoms with Crippen LogP contribution in [0.5, 0.6) is 0 Å². The number of nitrogens with two attached hydrogens (primary N) is 2. The summed E-state index contributed by atoms with van der Waals surface area (Å²) in [6.07, 6.45) is 2.93. The minimum Gasteiger partial charge on any atom is -0.506 e. The second-order valence-electron chi connectivity index (χ2n) is 2.13. The molecule has 9 heavy (non-hydrogen) atoms. The van der Waals surface area contributed by atoms with E-state index in [0.717, 1.165) is 6.42 Å². The number of aliphatic hydroxyl groups excluding tert-OH is 1. The quantitative estimate of drug-likeness (QED) is 0.438. The summed E-state index contributed by atoms with van der Waals surface area (Å²) in [6, 6.07) is 0. The fourth-order valence-electron chi connectivity index (χ4n) is 0.748. The van der Waals surface area contributed by atoms with Crippen LogP contribution in [0.4, 0.5) is 0 Å². The molecule has 0 aliphatic heterocycles. The Morgan fingerprint density at radius 2 is 2.00 bits per heavy atom. The number of rotatable bonds is 0. The van der Waals surface area contributed by atoms with Crippen molar-refractivity contribution in [1.82, 2.24) is 0 Å². The van der Waals surface area contributed by atoms with Crippen LogP contribution in [-0.2, 0) is 0 Å². The molecule has 0 aromatic rings. The van der Waals surface area contributed by atoms with Gasteiger partial charge in [-0.1, -0.05) is 0 Å². The van der Waals surface area contributed by atoms with Gasteiger partial charge in [-0.05, 0) is 12.8 Å². The molecular weight excluding hydrogens is 116 g/mol. The van der Waals surface area contributed by atoms with Crippen LogP contribution >= 0.6 is 0 Å². The highest BCUT2D eigenvalue weighted by Crippen LogP contribution is 2.14. The van der Waals surface area contributed by atoms with Gasteiger partial charge in [-0.2, -0.15) is 0 Å². The molecule has 5 N–H and O–H groups in total. The summed E-state index contributed by atoms with van der Waals surface area (Å²) in [7, 11) is 0. The standard InChI is InChI=1S/C6H10N2O/c7-4-1-2-5(8)6(9)3-4/h3,9H,1-2,7-8H2. The first-order chi connectivity index (χ1) is 4.20. The van der Waals surface area contributed by atoms with E-state index in [1.807, 2.05) is 0 Å². The Kier molecular flexibility index (Phi) is 1.34. The van der Waals surface area contributed by atoms with Crippen LogP contribution < -0.4 is 11.5 Å². The molecule has 1 rings (SSSR count). The maximum atomic E-state index is 8.95.